The summed E-state index contributed by atoms with van der Waals surface area (Å²) < 4.78 is 6.45. The summed E-state index contributed by atoms with van der Waals surface area (Å²) in [6.07, 6.45) is 5.28. The van der Waals surface area contributed by atoms with Crippen molar-refractivity contribution < 1.29 is 9.53 Å². The molecule has 0 aliphatic rings. The molecule has 0 bridgehead atoms. The minimum atomic E-state index is -0.332. The van der Waals surface area contributed by atoms with Crippen molar-refractivity contribution in [3.8, 4) is 0 Å². The number of alkyl halides is 1. The Hall–Kier alpha value is -0.840. The molecule has 0 aromatic carbocycles. The Balaban J connectivity index is 2.58. The van der Waals surface area contributed by atoms with Gasteiger partial charge in [-0.15, -0.1) is 0 Å². The number of esters is 1. The topological polar surface area (TPSA) is 44.1 Å². The molecule has 0 spiro atoms. The normalized spacial score (nSPS) is 10.1. The zero-order valence-electron chi connectivity index (χ0n) is 8.07. The van der Waals surface area contributed by atoms with Crippen LogP contribution in [0, 0.1) is 0 Å². The Morgan fingerprint density at radius 2 is 2.43 bits per heavy atom. The van der Waals surface area contributed by atoms with Gasteiger partial charge in [0, 0.05) is 11.9 Å². The zero-order valence-corrected chi connectivity index (χ0v) is 9.66. The smallest absolute Gasteiger partial charge is 0.356 e. The first-order valence-electron chi connectivity index (χ1n) is 4.44. The molecule has 78 valence electrons. The highest BCUT2D eigenvalue weighted by molar-refractivity contribution is 9.09. The number of unbranched alkanes of at least 4 members (excludes halogenated alkanes) is 1. The average Bonchev–Trinajstić information content (AvgIpc) is 2.65. The molecule has 14 heavy (non-hydrogen) atoms. The molecule has 0 aliphatic carbocycles. The van der Waals surface area contributed by atoms with Crippen molar-refractivity contribution in [1.29, 1.82) is 0 Å². The Morgan fingerprint density at radius 1 is 1.64 bits per heavy atom. The summed E-state index contributed by atoms with van der Waals surface area (Å²) >= 11 is 3.36. The van der Waals surface area contributed by atoms with Crippen LogP contribution in [0.25, 0.3) is 0 Å². The first kappa shape index (κ1) is 11.2. The lowest BCUT2D eigenvalue weighted by Crippen LogP contribution is -2.10. The monoisotopic (exact) mass is 260 g/mol. The third kappa shape index (κ3) is 2.83. The molecule has 0 amide bonds. The predicted octanol–water partition coefficient (Wildman–Crippen LogP) is 1.84. The lowest BCUT2D eigenvalue weighted by Gasteiger charge is -2.05. The van der Waals surface area contributed by atoms with Crippen molar-refractivity contribution >= 4 is 21.9 Å². The number of nitrogens with zero attached hydrogens (tertiary/aromatic N) is 2. The number of hydrogen-bond acceptors (Lipinski definition) is 3. The second kappa shape index (κ2) is 5.80. The highest BCUT2D eigenvalue weighted by Crippen LogP contribution is 2.04. The molecule has 1 aromatic rings. The van der Waals surface area contributed by atoms with E-state index in [2.05, 4.69) is 25.7 Å². The molecule has 0 N–H and O–H groups in total. The van der Waals surface area contributed by atoms with E-state index in [4.69, 9.17) is 0 Å². The van der Waals surface area contributed by atoms with Crippen LogP contribution in [0.15, 0.2) is 12.5 Å². The van der Waals surface area contributed by atoms with Gasteiger partial charge in [0.25, 0.3) is 0 Å². The van der Waals surface area contributed by atoms with Crippen LogP contribution >= 0.6 is 15.9 Å². The van der Waals surface area contributed by atoms with E-state index in [-0.39, 0.29) is 5.97 Å². The fourth-order valence-corrected chi connectivity index (χ4v) is 1.55. The van der Waals surface area contributed by atoms with E-state index in [0.29, 0.717) is 5.69 Å². The molecule has 0 radical (unpaired) electrons. The van der Waals surface area contributed by atoms with Crippen molar-refractivity contribution in [3.05, 3.63) is 18.2 Å². The van der Waals surface area contributed by atoms with E-state index in [0.717, 1.165) is 24.7 Å². The molecule has 0 fully saturated rings. The first-order valence-corrected chi connectivity index (χ1v) is 5.56. The minimum Gasteiger partial charge on any atom is -0.464 e. The number of rotatable bonds is 5. The second-order valence-corrected chi connectivity index (χ2v) is 3.65. The molecule has 5 heteroatoms. The standard InChI is InChI=1S/C9H13BrN2O2/c1-14-9(13)8-6-11-7-12(8)5-3-2-4-10/h6-7H,2-5H2,1H3. The summed E-state index contributed by atoms with van der Waals surface area (Å²) in [7, 11) is 1.37. The predicted molar refractivity (Wildman–Crippen MR) is 56.6 cm³/mol. The first-order chi connectivity index (χ1) is 6.79. The van der Waals surface area contributed by atoms with Gasteiger partial charge in [-0.1, -0.05) is 15.9 Å². The van der Waals surface area contributed by atoms with Gasteiger partial charge in [-0.2, -0.15) is 0 Å². The minimum absolute atomic E-state index is 0.332. The van der Waals surface area contributed by atoms with Crippen LogP contribution < -0.4 is 0 Å². The van der Waals surface area contributed by atoms with Crippen molar-refractivity contribution in [1.82, 2.24) is 9.55 Å². The number of halogens is 1. The van der Waals surface area contributed by atoms with Crippen LogP contribution in [0.3, 0.4) is 0 Å². The van der Waals surface area contributed by atoms with Crippen molar-refractivity contribution in [2.75, 3.05) is 12.4 Å². The third-order valence-corrected chi connectivity index (χ3v) is 2.45. The quantitative estimate of drug-likeness (QED) is 0.461. The van der Waals surface area contributed by atoms with Gasteiger partial charge < -0.3 is 9.30 Å². The second-order valence-electron chi connectivity index (χ2n) is 2.86. The number of methoxy groups -OCH3 is 1. The SMILES string of the molecule is COC(=O)c1cncn1CCCCBr. The molecule has 0 saturated heterocycles. The maximum atomic E-state index is 11.2. The molecule has 0 saturated carbocycles. The van der Waals surface area contributed by atoms with Crippen LogP contribution in [-0.2, 0) is 11.3 Å². The van der Waals surface area contributed by atoms with Crippen molar-refractivity contribution in [3.63, 3.8) is 0 Å². The molecule has 0 atom stereocenters. The number of aryl methyl sites for hydroxylation is 1. The van der Waals surface area contributed by atoms with Gasteiger partial charge in [0.05, 0.1) is 19.6 Å². The van der Waals surface area contributed by atoms with Crippen LogP contribution in [0.4, 0.5) is 0 Å². The molecular formula is C9H13BrN2O2. The number of aromatic nitrogens is 2. The summed E-state index contributed by atoms with van der Waals surface area (Å²) in [6, 6.07) is 0. The average molecular weight is 261 g/mol. The number of carbonyl (C=O) groups excluding carboxylic acids is 1. The summed E-state index contributed by atoms with van der Waals surface area (Å²) in [6.45, 7) is 0.802. The van der Waals surface area contributed by atoms with Gasteiger partial charge in [0.2, 0.25) is 0 Å². The number of imidazole rings is 1. The molecule has 0 aliphatic heterocycles. The van der Waals surface area contributed by atoms with Crippen LogP contribution in [0.5, 0.6) is 0 Å². The van der Waals surface area contributed by atoms with Gasteiger partial charge in [-0.25, -0.2) is 9.78 Å². The molecule has 1 heterocycles. The van der Waals surface area contributed by atoms with E-state index in [9.17, 15) is 4.79 Å². The van der Waals surface area contributed by atoms with Gasteiger partial charge in [0.1, 0.15) is 5.69 Å². The highest BCUT2D eigenvalue weighted by atomic mass is 79.9. The summed E-state index contributed by atoms with van der Waals surface area (Å²) in [5.74, 6) is -0.332. The van der Waals surface area contributed by atoms with Gasteiger partial charge >= 0.3 is 5.97 Å². The molecule has 4 nitrogen and oxygen atoms in total. The van der Waals surface area contributed by atoms with E-state index in [1.165, 1.54) is 13.3 Å². The highest BCUT2D eigenvalue weighted by Gasteiger charge is 2.10. The number of hydrogen-bond donors (Lipinski definition) is 0. The van der Waals surface area contributed by atoms with E-state index < -0.39 is 0 Å². The fourth-order valence-electron chi connectivity index (χ4n) is 1.15. The van der Waals surface area contributed by atoms with Gasteiger partial charge in [-0.05, 0) is 12.8 Å². The van der Waals surface area contributed by atoms with Crippen LogP contribution in [0.1, 0.15) is 23.3 Å². The maximum Gasteiger partial charge on any atom is 0.356 e. The van der Waals surface area contributed by atoms with Crippen molar-refractivity contribution in [2.24, 2.45) is 0 Å². The van der Waals surface area contributed by atoms with Gasteiger partial charge in [-0.3, -0.25) is 0 Å². The largest absolute Gasteiger partial charge is 0.464 e. The Bertz CT molecular complexity index is 299. The molecule has 0 unspecified atom stereocenters. The molecule has 1 rings (SSSR count). The van der Waals surface area contributed by atoms with E-state index in [1.807, 2.05) is 4.57 Å². The maximum absolute atomic E-state index is 11.2. The Kier molecular flexibility index (Phi) is 4.65. The number of carbonyl (C=O) groups is 1. The third-order valence-electron chi connectivity index (χ3n) is 1.89. The summed E-state index contributed by atoms with van der Waals surface area (Å²) in [5, 5.41) is 0.981. The zero-order chi connectivity index (χ0) is 10.4. The van der Waals surface area contributed by atoms with E-state index >= 15 is 0 Å². The fraction of sp³-hybridized carbons (Fsp3) is 0.556. The lowest BCUT2D eigenvalue weighted by molar-refractivity contribution is 0.0588. The van der Waals surface area contributed by atoms with Crippen molar-refractivity contribution in [2.45, 2.75) is 19.4 Å². The Labute approximate surface area is 91.4 Å². The van der Waals surface area contributed by atoms with Crippen LogP contribution in [0.2, 0.25) is 0 Å². The molecule has 1 aromatic heterocycles. The van der Waals surface area contributed by atoms with Gasteiger partial charge in [0.15, 0.2) is 0 Å². The number of ether oxygens (including phenoxy) is 1. The van der Waals surface area contributed by atoms with Crippen LogP contribution in [-0.4, -0.2) is 28.0 Å². The lowest BCUT2D eigenvalue weighted by atomic mass is 10.3. The van der Waals surface area contributed by atoms with E-state index in [1.54, 1.807) is 6.33 Å². The Morgan fingerprint density at radius 3 is 3.07 bits per heavy atom. The summed E-state index contributed by atoms with van der Waals surface area (Å²) in [4.78, 5) is 15.2. The molecular weight excluding hydrogens is 248 g/mol. The summed E-state index contributed by atoms with van der Waals surface area (Å²) in [5.41, 5.74) is 0.516.